The Balaban J connectivity index is 2.12. The molecule has 11 heavy (non-hydrogen) atoms. The van der Waals surface area contributed by atoms with Crippen molar-refractivity contribution in [2.24, 2.45) is 5.73 Å². The third-order valence-electron chi connectivity index (χ3n) is 2.03. The number of ether oxygens (including phenoxy) is 1. The second-order valence-corrected chi connectivity index (χ2v) is 3.05. The first-order valence-corrected chi connectivity index (χ1v) is 4.28. The van der Waals surface area contributed by atoms with E-state index in [9.17, 15) is 4.39 Å². The SMILES string of the molecule is NCCOC1CCCC(F)C1. The van der Waals surface area contributed by atoms with Gasteiger partial charge in [0.25, 0.3) is 0 Å². The zero-order valence-corrected chi connectivity index (χ0v) is 6.76. The molecule has 3 heteroatoms. The summed E-state index contributed by atoms with van der Waals surface area (Å²) in [6, 6.07) is 0. The molecule has 2 unspecified atom stereocenters. The van der Waals surface area contributed by atoms with Gasteiger partial charge in [-0.25, -0.2) is 4.39 Å². The van der Waals surface area contributed by atoms with Gasteiger partial charge in [-0.3, -0.25) is 0 Å². The Morgan fingerprint density at radius 3 is 2.91 bits per heavy atom. The minimum absolute atomic E-state index is 0.127. The number of alkyl halides is 1. The second kappa shape index (κ2) is 4.67. The molecule has 1 saturated carbocycles. The van der Waals surface area contributed by atoms with Crippen molar-refractivity contribution in [1.29, 1.82) is 0 Å². The lowest BCUT2D eigenvalue weighted by Crippen LogP contribution is -2.25. The summed E-state index contributed by atoms with van der Waals surface area (Å²) in [6.45, 7) is 1.10. The maximum absolute atomic E-state index is 12.7. The van der Waals surface area contributed by atoms with Gasteiger partial charge in [0.1, 0.15) is 6.17 Å². The molecule has 0 spiro atoms. The maximum atomic E-state index is 12.7. The topological polar surface area (TPSA) is 35.2 Å². The predicted molar refractivity (Wildman–Crippen MR) is 42.2 cm³/mol. The molecule has 0 amide bonds. The first-order valence-electron chi connectivity index (χ1n) is 4.28. The molecular weight excluding hydrogens is 145 g/mol. The predicted octanol–water partition coefficient (Wildman–Crippen LogP) is 1.24. The largest absolute Gasteiger partial charge is 0.377 e. The number of halogens is 1. The monoisotopic (exact) mass is 161 g/mol. The van der Waals surface area contributed by atoms with Crippen LogP contribution in [0.15, 0.2) is 0 Å². The Labute approximate surface area is 66.9 Å². The molecule has 0 aromatic carbocycles. The van der Waals surface area contributed by atoms with E-state index < -0.39 is 6.17 Å². The van der Waals surface area contributed by atoms with Crippen molar-refractivity contribution in [3.63, 3.8) is 0 Å². The van der Waals surface area contributed by atoms with Crippen molar-refractivity contribution in [1.82, 2.24) is 0 Å². The Morgan fingerprint density at radius 2 is 2.27 bits per heavy atom. The fraction of sp³-hybridized carbons (Fsp3) is 1.00. The van der Waals surface area contributed by atoms with Crippen molar-refractivity contribution in [3.05, 3.63) is 0 Å². The number of nitrogens with two attached hydrogens (primary N) is 1. The lowest BCUT2D eigenvalue weighted by molar-refractivity contribution is 0.0103. The van der Waals surface area contributed by atoms with Gasteiger partial charge in [-0.05, 0) is 19.3 Å². The molecule has 0 aromatic rings. The third kappa shape index (κ3) is 3.16. The van der Waals surface area contributed by atoms with Crippen molar-refractivity contribution < 1.29 is 9.13 Å². The van der Waals surface area contributed by atoms with Crippen LogP contribution in [0.4, 0.5) is 4.39 Å². The number of hydrogen-bond acceptors (Lipinski definition) is 2. The van der Waals surface area contributed by atoms with Crippen LogP contribution in [-0.2, 0) is 4.74 Å². The minimum atomic E-state index is -0.647. The average molecular weight is 161 g/mol. The summed E-state index contributed by atoms with van der Waals surface area (Å²) in [5.41, 5.74) is 5.26. The van der Waals surface area contributed by atoms with E-state index in [0.717, 1.165) is 12.8 Å². The third-order valence-corrected chi connectivity index (χ3v) is 2.03. The molecule has 0 heterocycles. The number of rotatable bonds is 3. The Morgan fingerprint density at radius 1 is 1.45 bits per heavy atom. The zero-order valence-electron chi connectivity index (χ0n) is 6.76. The molecule has 0 bridgehead atoms. The molecule has 66 valence electrons. The van der Waals surface area contributed by atoms with E-state index >= 15 is 0 Å². The first kappa shape index (κ1) is 8.94. The van der Waals surface area contributed by atoms with Gasteiger partial charge < -0.3 is 10.5 Å². The molecule has 0 aromatic heterocycles. The lowest BCUT2D eigenvalue weighted by atomic mass is 9.96. The van der Waals surface area contributed by atoms with Gasteiger partial charge >= 0.3 is 0 Å². The van der Waals surface area contributed by atoms with E-state index in [-0.39, 0.29) is 6.10 Å². The van der Waals surface area contributed by atoms with Crippen LogP contribution < -0.4 is 5.73 Å². The summed E-state index contributed by atoms with van der Waals surface area (Å²) in [7, 11) is 0. The van der Waals surface area contributed by atoms with Gasteiger partial charge in [-0.15, -0.1) is 0 Å². The van der Waals surface area contributed by atoms with Crippen LogP contribution >= 0.6 is 0 Å². The Bertz CT molecular complexity index is 110. The van der Waals surface area contributed by atoms with Crippen LogP contribution in [-0.4, -0.2) is 25.4 Å². The molecular formula is C8H16FNO. The van der Waals surface area contributed by atoms with E-state index in [0.29, 0.717) is 26.0 Å². The van der Waals surface area contributed by atoms with Gasteiger partial charge in [0.15, 0.2) is 0 Å². The fourth-order valence-electron chi connectivity index (χ4n) is 1.47. The van der Waals surface area contributed by atoms with Crippen LogP contribution in [0.2, 0.25) is 0 Å². The van der Waals surface area contributed by atoms with Gasteiger partial charge in [0.05, 0.1) is 12.7 Å². The van der Waals surface area contributed by atoms with Crippen molar-refractivity contribution in [2.75, 3.05) is 13.2 Å². The van der Waals surface area contributed by atoms with E-state index in [1.165, 1.54) is 0 Å². The lowest BCUT2D eigenvalue weighted by Gasteiger charge is -2.24. The Hall–Kier alpha value is -0.150. The van der Waals surface area contributed by atoms with E-state index in [1.807, 2.05) is 0 Å². The molecule has 2 N–H and O–H groups in total. The summed E-state index contributed by atoms with van der Waals surface area (Å²) in [6.07, 6.45) is 2.72. The maximum Gasteiger partial charge on any atom is 0.103 e. The molecule has 1 rings (SSSR count). The summed E-state index contributed by atoms with van der Waals surface area (Å²) >= 11 is 0. The van der Waals surface area contributed by atoms with Crippen LogP contribution in [0.5, 0.6) is 0 Å². The molecule has 2 nitrogen and oxygen atoms in total. The van der Waals surface area contributed by atoms with Crippen molar-refractivity contribution >= 4 is 0 Å². The van der Waals surface area contributed by atoms with Gasteiger partial charge in [-0.2, -0.15) is 0 Å². The van der Waals surface area contributed by atoms with Crippen LogP contribution in [0.1, 0.15) is 25.7 Å². The highest BCUT2D eigenvalue weighted by Gasteiger charge is 2.21. The van der Waals surface area contributed by atoms with E-state index in [2.05, 4.69) is 0 Å². The molecule has 2 atom stereocenters. The highest BCUT2D eigenvalue weighted by atomic mass is 19.1. The van der Waals surface area contributed by atoms with Crippen LogP contribution in [0, 0.1) is 0 Å². The van der Waals surface area contributed by atoms with Crippen LogP contribution in [0.3, 0.4) is 0 Å². The summed E-state index contributed by atoms with van der Waals surface area (Å²) < 4.78 is 18.1. The highest BCUT2D eigenvalue weighted by molar-refractivity contribution is 4.72. The van der Waals surface area contributed by atoms with E-state index in [1.54, 1.807) is 0 Å². The normalized spacial score (nSPS) is 32.2. The molecule has 1 aliphatic rings. The van der Waals surface area contributed by atoms with Gasteiger partial charge in [0.2, 0.25) is 0 Å². The van der Waals surface area contributed by atoms with Gasteiger partial charge in [-0.1, -0.05) is 0 Å². The average Bonchev–Trinajstić information content (AvgIpc) is 2.01. The summed E-state index contributed by atoms with van der Waals surface area (Å²) in [4.78, 5) is 0. The molecule has 1 aliphatic carbocycles. The quantitative estimate of drug-likeness (QED) is 0.676. The Kier molecular flexibility index (Phi) is 3.80. The molecule has 0 radical (unpaired) electrons. The molecule has 0 saturated heterocycles. The van der Waals surface area contributed by atoms with Gasteiger partial charge in [0, 0.05) is 13.0 Å². The summed E-state index contributed by atoms with van der Waals surface area (Å²) in [5.74, 6) is 0. The van der Waals surface area contributed by atoms with Crippen LogP contribution in [0.25, 0.3) is 0 Å². The fourth-order valence-corrected chi connectivity index (χ4v) is 1.47. The van der Waals surface area contributed by atoms with E-state index in [4.69, 9.17) is 10.5 Å². The summed E-state index contributed by atoms with van der Waals surface area (Å²) in [5, 5.41) is 0. The second-order valence-electron chi connectivity index (χ2n) is 3.05. The standard InChI is InChI=1S/C8H16FNO/c9-7-2-1-3-8(6-7)11-5-4-10/h7-8H,1-6,10H2. The van der Waals surface area contributed by atoms with Crippen molar-refractivity contribution in [3.8, 4) is 0 Å². The van der Waals surface area contributed by atoms with Crippen molar-refractivity contribution in [2.45, 2.75) is 38.0 Å². The minimum Gasteiger partial charge on any atom is -0.377 e. The number of hydrogen-bond donors (Lipinski definition) is 1. The zero-order chi connectivity index (χ0) is 8.10. The highest BCUT2D eigenvalue weighted by Crippen LogP contribution is 2.22. The molecule has 1 fully saturated rings. The first-order chi connectivity index (χ1) is 5.33. The smallest absolute Gasteiger partial charge is 0.103 e. The molecule has 0 aliphatic heterocycles.